The number of Topliss-reactive ketones (excluding diaryl/α,β-unsaturated/α-hetero) is 2. The fourth-order valence-corrected chi connectivity index (χ4v) is 6.72. The van der Waals surface area contributed by atoms with Gasteiger partial charge in [0.25, 0.3) is 0 Å². The van der Waals surface area contributed by atoms with E-state index in [4.69, 9.17) is 0 Å². The van der Waals surface area contributed by atoms with E-state index in [-0.39, 0.29) is 11.6 Å². The number of carbonyl (C=O) groups excluding carboxylic acids is 2. The molecule has 2 N–H and O–H groups in total. The third kappa shape index (κ3) is 16.9. The van der Waals surface area contributed by atoms with Gasteiger partial charge in [0.05, 0.1) is 0 Å². The first-order valence-corrected chi connectivity index (χ1v) is 19.8. The lowest BCUT2D eigenvalue weighted by Gasteiger charge is -2.22. The third-order valence-electron chi connectivity index (χ3n) is 10.1. The van der Waals surface area contributed by atoms with Gasteiger partial charge in [-0.3, -0.25) is 9.59 Å². The molecule has 0 bridgehead atoms. The number of unbranched alkanes of at least 4 members (excludes halogenated alkanes) is 19. The Morgan fingerprint density at radius 3 is 0.958 bits per heavy atom. The smallest absolute Gasteiger partial charge is 0.194 e. The Balaban J connectivity index is 1.71. The van der Waals surface area contributed by atoms with E-state index < -0.39 is 11.2 Å². The van der Waals surface area contributed by atoms with Crippen LogP contribution in [0.15, 0.2) is 48.5 Å². The van der Waals surface area contributed by atoms with E-state index in [0.29, 0.717) is 30.4 Å². The molecule has 270 valence electrons. The molecule has 0 aliphatic heterocycles. The summed E-state index contributed by atoms with van der Waals surface area (Å²) in [5.74, 6) is -0.429. The largest absolute Gasteiger partial charge is 0.382 e. The summed E-state index contributed by atoms with van der Waals surface area (Å²) in [6.45, 7) is 7.80. The minimum absolute atomic E-state index is 0.214. The van der Waals surface area contributed by atoms with Crippen LogP contribution in [0.1, 0.15) is 207 Å². The summed E-state index contributed by atoms with van der Waals surface area (Å²) in [6, 6.07) is 15.0. The fraction of sp³-hybridized carbons (Fsp3) is 0.682. The van der Waals surface area contributed by atoms with Crippen molar-refractivity contribution in [2.75, 3.05) is 0 Å². The molecule has 0 heterocycles. The second kappa shape index (κ2) is 24.0. The number of hydrogen-bond donors (Lipinski definition) is 2. The third-order valence-corrected chi connectivity index (χ3v) is 10.1. The normalized spacial score (nSPS) is 14.0. The zero-order chi connectivity index (χ0) is 35.1. The first-order valence-electron chi connectivity index (χ1n) is 19.8. The lowest BCUT2D eigenvalue weighted by atomic mass is 9.88. The quantitative estimate of drug-likeness (QED) is 0.0671. The highest BCUT2D eigenvalue weighted by Crippen LogP contribution is 2.24. The first kappa shape index (κ1) is 41.9. The minimum atomic E-state index is -1.35. The molecule has 0 aliphatic rings. The van der Waals surface area contributed by atoms with E-state index in [1.807, 2.05) is 48.5 Å². The molecule has 0 aromatic heterocycles. The van der Waals surface area contributed by atoms with E-state index in [1.165, 1.54) is 109 Å². The summed E-state index contributed by atoms with van der Waals surface area (Å²) in [5, 5.41) is 21.9. The van der Waals surface area contributed by atoms with Gasteiger partial charge in [-0.15, -0.1) is 0 Å². The van der Waals surface area contributed by atoms with Crippen molar-refractivity contribution in [3.05, 3.63) is 70.8 Å². The maximum Gasteiger partial charge on any atom is 0.194 e. The van der Waals surface area contributed by atoms with Crippen molar-refractivity contribution in [2.24, 2.45) is 0 Å². The molecule has 0 saturated heterocycles. The standard InChI is InChI=1S/C44H70O4/c1-5-7-9-11-13-15-17-19-21-23-25-35-44(4,48)42(46)40-32-28-38(29-33-40)36-37-26-30-39(31-27-37)41(45)43(3,47)34-24-22-20-18-16-14-12-10-8-6-2/h26-33,47-48H,5-25,34-36H2,1-4H3. The zero-order valence-electron chi connectivity index (χ0n) is 31.3. The molecule has 0 radical (unpaired) electrons. The van der Waals surface area contributed by atoms with Gasteiger partial charge >= 0.3 is 0 Å². The highest BCUT2D eigenvalue weighted by molar-refractivity contribution is 6.02. The Bertz CT molecular complexity index is 1130. The lowest BCUT2D eigenvalue weighted by molar-refractivity contribution is 0.0354. The number of aliphatic hydroxyl groups is 2. The first-order chi connectivity index (χ1) is 23.1. The Hall–Kier alpha value is -2.30. The van der Waals surface area contributed by atoms with Crippen LogP contribution in [0.5, 0.6) is 0 Å². The Morgan fingerprint density at radius 1 is 0.438 bits per heavy atom. The van der Waals surface area contributed by atoms with Gasteiger partial charge in [-0.2, -0.15) is 0 Å². The van der Waals surface area contributed by atoms with E-state index in [0.717, 1.165) is 36.8 Å². The molecule has 4 nitrogen and oxygen atoms in total. The van der Waals surface area contributed by atoms with Gasteiger partial charge < -0.3 is 10.2 Å². The monoisotopic (exact) mass is 663 g/mol. The number of ketones is 2. The summed E-state index contributed by atoms with van der Waals surface area (Å²) >= 11 is 0. The number of hydrogen-bond acceptors (Lipinski definition) is 4. The molecule has 2 atom stereocenters. The lowest BCUT2D eigenvalue weighted by Crippen LogP contribution is -2.35. The average molecular weight is 663 g/mol. The van der Waals surface area contributed by atoms with Crippen LogP contribution in [0, 0.1) is 0 Å². The van der Waals surface area contributed by atoms with Crippen molar-refractivity contribution in [3.8, 4) is 0 Å². The van der Waals surface area contributed by atoms with Crippen molar-refractivity contribution in [2.45, 2.75) is 193 Å². The maximum atomic E-state index is 13.1. The molecular weight excluding hydrogens is 592 g/mol. The van der Waals surface area contributed by atoms with Gasteiger partial charge in [0.15, 0.2) is 11.6 Å². The van der Waals surface area contributed by atoms with Crippen molar-refractivity contribution < 1.29 is 19.8 Å². The van der Waals surface area contributed by atoms with Gasteiger partial charge in [0, 0.05) is 11.1 Å². The highest BCUT2D eigenvalue weighted by Gasteiger charge is 2.31. The Kier molecular flexibility index (Phi) is 20.9. The average Bonchev–Trinajstić information content (AvgIpc) is 3.08. The van der Waals surface area contributed by atoms with E-state index in [2.05, 4.69) is 13.8 Å². The second-order valence-corrected chi connectivity index (χ2v) is 15.0. The van der Waals surface area contributed by atoms with Gasteiger partial charge in [-0.05, 0) is 44.2 Å². The Morgan fingerprint density at radius 2 is 0.688 bits per heavy atom. The Labute approximate surface area is 294 Å². The summed E-state index contributed by atoms with van der Waals surface area (Å²) in [4.78, 5) is 26.2. The zero-order valence-corrected chi connectivity index (χ0v) is 31.3. The molecule has 4 heteroatoms. The predicted molar refractivity (Wildman–Crippen MR) is 203 cm³/mol. The van der Waals surface area contributed by atoms with Gasteiger partial charge in [0.1, 0.15) is 11.2 Å². The van der Waals surface area contributed by atoms with Crippen molar-refractivity contribution in [3.63, 3.8) is 0 Å². The number of benzene rings is 2. The molecule has 2 unspecified atom stereocenters. The van der Waals surface area contributed by atoms with Gasteiger partial charge in [-0.1, -0.05) is 197 Å². The molecule has 0 aliphatic carbocycles. The van der Waals surface area contributed by atoms with E-state index in [9.17, 15) is 19.8 Å². The molecule has 0 fully saturated rings. The van der Waals surface area contributed by atoms with Crippen LogP contribution in [-0.4, -0.2) is 33.0 Å². The molecule has 2 rings (SSSR count). The molecular formula is C44H70O4. The fourth-order valence-electron chi connectivity index (χ4n) is 6.72. The molecule has 2 aromatic rings. The highest BCUT2D eigenvalue weighted by atomic mass is 16.3. The summed E-state index contributed by atoms with van der Waals surface area (Å²) in [6.07, 6.45) is 27.6. The minimum Gasteiger partial charge on any atom is -0.382 e. The van der Waals surface area contributed by atoms with Gasteiger partial charge in [-0.25, -0.2) is 0 Å². The molecule has 2 aromatic carbocycles. The van der Waals surface area contributed by atoms with Crippen molar-refractivity contribution in [1.29, 1.82) is 0 Å². The van der Waals surface area contributed by atoms with Crippen molar-refractivity contribution in [1.82, 2.24) is 0 Å². The van der Waals surface area contributed by atoms with Crippen LogP contribution in [0.4, 0.5) is 0 Å². The number of carbonyl (C=O) groups is 2. The summed E-state index contributed by atoms with van der Waals surface area (Å²) in [7, 11) is 0. The van der Waals surface area contributed by atoms with Crippen LogP contribution >= 0.6 is 0 Å². The molecule has 48 heavy (non-hydrogen) atoms. The van der Waals surface area contributed by atoms with Crippen LogP contribution in [0.2, 0.25) is 0 Å². The van der Waals surface area contributed by atoms with Crippen molar-refractivity contribution >= 4 is 11.6 Å². The van der Waals surface area contributed by atoms with Crippen LogP contribution in [0.25, 0.3) is 0 Å². The predicted octanol–water partition coefficient (Wildman–Crippen LogP) is 12.2. The van der Waals surface area contributed by atoms with Crippen LogP contribution < -0.4 is 0 Å². The van der Waals surface area contributed by atoms with E-state index in [1.54, 1.807) is 13.8 Å². The van der Waals surface area contributed by atoms with Crippen LogP contribution in [0.3, 0.4) is 0 Å². The SMILES string of the molecule is CCCCCCCCCCCCCC(C)(O)C(=O)c1ccc(Cc2ccc(C(=O)C(C)(O)CCCCCCCCCCCC)cc2)cc1. The van der Waals surface area contributed by atoms with Gasteiger partial charge in [0.2, 0.25) is 0 Å². The summed E-state index contributed by atoms with van der Waals surface area (Å²) < 4.78 is 0. The summed E-state index contributed by atoms with van der Waals surface area (Å²) in [5.41, 5.74) is 0.498. The second-order valence-electron chi connectivity index (χ2n) is 15.0. The number of rotatable bonds is 29. The molecule has 0 saturated carbocycles. The van der Waals surface area contributed by atoms with Crippen LogP contribution in [-0.2, 0) is 6.42 Å². The van der Waals surface area contributed by atoms with E-state index >= 15 is 0 Å². The molecule has 0 amide bonds. The molecule has 0 spiro atoms. The maximum absolute atomic E-state index is 13.1. The topological polar surface area (TPSA) is 74.6 Å².